The van der Waals surface area contributed by atoms with Crippen molar-refractivity contribution < 1.29 is 19.5 Å². The van der Waals surface area contributed by atoms with Crippen LogP contribution in [0.5, 0.6) is 0 Å². The normalized spacial score (nSPS) is 18.2. The second-order valence-electron chi connectivity index (χ2n) is 18.8. The Balaban J connectivity index is 0.842. The molecule has 3 amide bonds. The van der Waals surface area contributed by atoms with Crippen LogP contribution < -0.4 is 10.6 Å². The second kappa shape index (κ2) is 20.0. The van der Waals surface area contributed by atoms with Crippen LogP contribution in [-0.4, -0.2) is 77.9 Å². The fourth-order valence-electron chi connectivity index (χ4n) is 8.88. The highest BCUT2D eigenvalue weighted by Gasteiger charge is 2.44. The number of amides is 3. The summed E-state index contributed by atoms with van der Waals surface area (Å²) in [7, 11) is 0. The first kappa shape index (κ1) is 46.9. The quantitative estimate of drug-likeness (QED) is 0.0835. The van der Waals surface area contributed by atoms with Crippen molar-refractivity contribution in [3.05, 3.63) is 104 Å². The maximum Gasteiger partial charge on any atom is 0.246 e. The van der Waals surface area contributed by atoms with E-state index in [0.717, 1.165) is 94.6 Å². The predicted molar refractivity (Wildman–Crippen MR) is 256 cm³/mol. The largest absolute Gasteiger partial charge is 0.391 e. The van der Waals surface area contributed by atoms with E-state index in [4.69, 9.17) is 4.99 Å². The summed E-state index contributed by atoms with van der Waals surface area (Å²) in [5.41, 5.74) is 10.1. The smallest absolute Gasteiger partial charge is 0.246 e. The van der Waals surface area contributed by atoms with Crippen LogP contribution in [-0.2, 0) is 20.8 Å². The summed E-state index contributed by atoms with van der Waals surface area (Å²) in [5.74, 6) is 0.911. The molecule has 0 aliphatic carbocycles. The molecule has 340 valence electrons. The number of aryl methyl sites for hydroxylation is 4. The Bertz CT molecular complexity index is 2480. The molecule has 0 bridgehead atoms. The van der Waals surface area contributed by atoms with Crippen molar-refractivity contribution in [1.29, 1.82) is 0 Å². The number of hydrogen-bond acceptors (Lipinski definition) is 10. The molecule has 14 heteroatoms. The molecule has 0 saturated carbocycles. The zero-order chi connectivity index (χ0) is 45.9. The highest BCUT2D eigenvalue weighted by atomic mass is 32.1. The van der Waals surface area contributed by atoms with Crippen LogP contribution in [0.25, 0.3) is 15.4 Å². The summed E-state index contributed by atoms with van der Waals surface area (Å²) >= 11 is 3.37. The summed E-state index contributed by atoms with van der Waals surface area (Å²) in [4.78, 5) is 54.4. The molecule has 2 aromatic carbocycles. The Morgan fingerprint density at radius 3 is 2.23 bits per heavy atom. The van der Waals surface area contributed by atoms with Gasteiger partial charge in [-0.25, -0.2) is 4.98 Å². The summed E-state index contributed by atoms with van der Waals surface area (Å²) in [5, 5.41) is 26.7. The molecule has 2 aliphatic heterocycles. The van der Waals surface area contributed by atoms with Crippen LogP contribution in [0.2, 0.25) is 0 Å². The highest BCUT2D eigenvalue weighted by molar-refractivity contribution is 7.15. The van der Waals surface area contributed by atoms with Gasteiger partial charge in [0.25, 0.3) is 0 Å². The molecular weight excluding hydrogens is 841 g/mol. The van der Waals surface area contributed by atoms with Gasteiger partial charge in [-0.15, -0.1) is 32.9 Å². The van der Waals surface area contributed by atoms with Gasteiger partial charge < -0.3 is 20.6 Å². The number of carbonyl (C=O) groups excluding carboxylic acids is 3. The lowest BCUT2D eigenvalue weighted by molar-refractivity contribution is -0.144. The molecule has 12 nitrogen and oxygen atoms in total. The number of benzene rings is 2. The number of aromatic nitrogens is 4. The van der Waals surface area contributed by atoms with Crippen LogP contribution in [0, 0.1) is 33.1 Å². The molecule has 0 spiro atoms. The van der Waals surface area contributed by atoms with Crippen molar-refractivity contribution >= 4 is 46.1 Å². The molecule has 5 atom stereocenters. The van der Waals surface area contributed by atoms with Crippen molar-refractivity contribution in [3.8, 4) is 15.4 Å². The van der Waals surface area contributed by atoms with Crippen LogP contribution in [0.15, 0.2) is 59.0 Å². The van der Waals surface area contributed by atoms with Gasteiger partial charge in [0.2, 0.25) is 17.7 Å². The number of unbranched alkanes of at least 4 members (excludes halogenated alkanes) is 5. The predicted octanol–water partition coefficient (Wildman–Crippen LogP) is 9.24. The second-order valence-corrected chi connectivity index (χ2v) is 20.8. The number of hydrogen-bond donors (Lipinski definition) is 3. The van der Waals surface area contributed by atoms with Gasteiger partial charge in [-0.2, -0.15) is 0 Å². The van der Waals surface area contributed by atoms with E-state index in [1.807, 2.05) is 71.3 Å². The van der Waals surface area contributed by atoms with E-state index >= 15 is 0 Å². The third-order valence-corrected chi connectivity index (χ3v) is 14.9. The van der Waals surface area contributed by atoms with Crippen LogP contribution in [0.1, 0.15) is 148 Å². The number of thiazole rings is 1. The number of thiophene rings is 1. The molecule has 7 rings (SSSR count). The minimum Gasteiger partial charge on any atom is -0.391 e. The van der Waals surface area contributed by atoms with Crippen molar-refractivity contribution in [2.75, 3.05) is 6.54 Å². The number of aliphatic hydroxyl groups is 1. The Labute approximate surface area is 386 Å². The Morgan fingerprint density at radius 2 is 1.56 bits per heavy atom. The summed E-state index contributed by atoms with van der Waals surface area (Å²) in [6.07, 6.45) is 6.66. The number of carbonyl (C=O) groups is 3. The molecule has 0 unspecified atom stereocenters. The van der Waals surface area contributed by atoms with Crippen LogP contribution in [0.3, 0.4) is 0 Å². The Hall–Kier alpha value is -5.05. The fourth-order valence-corrected chi connectivity index (χ4v) is 10.9. The topological polar surface area (TPSA) is 155 Å². The van der Waals surface area contributed by atoms with Gasteiger partial charge in [0.1, 0.15) is 29.0 Å². The van der Waals surface area contributed by atoms with E-state index < -0.39 is 23.6 Å². The highest BCUT2D eigenvalue weighted by Crippen LogP contribution is 2.39. The standard InChI is InChI=1S/C50H64N8O4S2/c1-29-33(5)64-49-42(29)43(52-32(4)46-56-55-34(6)58(46)49)37-20-18-35(19-21-37)16-14-12-10-11-13-15-17-41(60)54-45(50(7,8)9)48(62)57-27-39(59)26-40(57)47(61)53-30(2)36-22-24-38(25-23-36)44-31(3)51-28-63-44/h18-25,28,30,32,39-40,45,59H,10-17,26-27H2,1-9H3,(H,53,61)(H,54,60)/t30-,32-,39+,40-,45+/m0/s1. The van der Waals surface area contributed by atoms with E-state index in [2.05, 4.69) is 75.4 Å². The number of fused-ring (bicyclic) bond motifs is 3. The maximum absolute atomic E-state index is 14.1. The van der Waals surface area contributed by atoms with Gasteiger partial charge in [0.15, 0.2) is 5.82 Å². The lowest BCUT2D eigenvalue weighted by atomic mass is 9.85. The SMILES string of the molecule is Cc1ncsc1-c1ccc([C@H](C)NC(=O)[C@@H]2C[C@@H](O)CN2C(=O)[C@@H](NC(=O)CCCCCCCCc2ccc(C3=N[C@@H](C)c4nnc(C)n4-c4sc(C)c(C)c43)cc2)C(C)(C)C)cc1. The summed E-state index contributed by atoms with van der Waals surface area (Å²) in [6.45, 7) is 18.1. The minimum atomic E-state index is -0.841. The maximum atomic E-state index is 14.1. The lowest BCUT2D eigenvalue weighted by Gasteiger charge is -2.35. The van der Waals surface area contributed by atoms with Gasteiger partial charge in [-0.3, -0.25) is 23.9 Å². The first-order valence-electron chi connectivity index (χ1n) is 22.8. The van der Waals surface area contributed by atoms with Crippen molar-refractivity contribution in [1.82, 2.24) is 35.3 Å². The molecule has 2 aliphatic rings. The molecule has 0 radical (unpaired) electrons. The number of nitrogens with zero attached hydrogens (tertiary/aromatic N) is 6. The number of likely N-dealkylation sites (tertiary alicyclic amines) is 1. The minimum absolute atomic E-state index is 0.0404. The van der Waals surface area contributed by atoms with E-state index in [0.29, 0.717) is 6.42 Å². The summed E-state index contributed by atoms with van der Waals surface area (Å²) < 4.78 is 2.17. The van der Waals surface area contributed by atoms with E-state index in [1.54, 1.807) is 22.7 Å². The Morgan fingerprint density at radius 1 is 0.891 bits per heavy atom. The van der Waals surface area contributed by atoms with Crippen molar-refractivity contribution in [2.45, 2.75) is 150 Å². The number of β-amino-alcohol motifs (C(OH)–C–C–N with tert-alkyl or cyclic N) is 1. The molecule has 1 saturated heterocycles. The van der Waals surface area contributed by atoms with Gasteiger partial charge in [0.05, 0.1) is 33.9 Å². The first-order chi connectivity index (χ1) is 30.5. The van der Waals surface area contributed by atoms with E-state index in [-0.39, 0.29) is 42.8 Å². The molecule has 64 heavy (non-hydrogen) atoms. The third kappa shape index (κ3) is 10.4. The number of aliphatic imine (C=N–C) groups is 1. The molecule has 1 fully saturated rings. The van der Waals surface area contributed by atoms with Crippen molar-refractivity contribution in [2.24, 2.45) is 10.4 Å². The van der Waals surface area contributed by atoms with E-state index in [1.165, 1.54) is 26.5 Å². The monoisotopic (exact) mass is 904 g/mol. The summed E-state index contributed by atoms with van der Waals surface area (Å²) in [6, 6.07) is 14.8. The molecule has 3 N–H and O–H groups in total. The first-order valence-corrected chi connectivity index (χ1v) is 24.5. The molecular formula is C50H64N8O4S2. The van der Waals surface area contributed by atoms with Crippen molar-refractivity contribution in [3.63, 3.8) is 0 Å². The van der Waals surface area contributed by atoms with Gasteiger partial charge in [-0.05, 0) is 88.5 Å². The number of rotatable bonds is 16. The zero-order valence-electron chi connectivity index (χ0n) is 38.8. The average Bonchev–Trinajstić information content (AvgIpc) is 4.03. The number of nitrogens with one attached hydrogen (secondary N) is 2. The van der Waals surface area contributed by atoms with E-state index in [9.17, 15) is 19.5 Å². The molecule has 5 aromatic rings. The fraction of sp³-hybridized carbons (Fsp3) is 0.500. The molecule has 3 aromatic heterocycles. The Kier molecular flexibility index (Phi) is 14.7. The number of aliphatic hydroxyl groups excluding tert-OH is 1. The zero-order valence-corrected chi connectivity index (χ0v) is 40.5. The van der Waals surface area contributed by atoms with Crippen LogP contribution >= 0.6 is 22.7 Å². The van der Waals surface area contributed by atoms with Gasteiger partial charge >= 0.3 is 0 Å². The lowest BCUT2D eigenvalue weighted by Crippen LogP contribution is -2.57. The third-order valence-electron chi connectivity index (χ3n) is 12.8. The van der Waals surface area contributed by atoms with Crippen LogP contribution in [0.4, 0.5) is 0 Å². The average molecular weight is 905 g/mol. The van der Waals surface area contributed by atoms with Gasteiger partial charge in [0, 0.05) is 35.4 Å². The molecule has 5 heterocycles. The van der Waals surface area contributed by atoms with Gasteiger partial charge in [-0.1, -0.05) is 95.0 Å².